The van der Waals surface area contributed by atoms with Gasteiger partial charge >= 0.3 is 18.2 Å². The fraction of sp³-hybridized carbons (Fsp3) is 0.400. The second-order valence-electron chi connectivity index (χ2n) is 18.2. The number of aromatic amines is 1. The SMILES string of the molecule is CC(C)[C@H](N)C(=O)N[C@@H](CCCNC(N)=O)C(=O)Cc1ccc(COC(=O)N2CCc3c2ccc2[nH]c(C(=O)N4C[C@@H](CBr)c5c4cc(OC(=O)N4CCN(C)CC4)c4ccccc54)cc32)cc1. The molecule has 5 aromatic rings. The fourth-order valence-electron chi connectivity index (χ4n) is 9.23. The molecule has 1 fully saturated rings. The maximum absolute atomic E-state index is 14.6. The van der Waals surface area contributed by atoms with Crippen molar-refractivity contribution in [1.82, 2.24) is 25.4 Å². The van der Waals surface area contributed by atoms with Gasteiger partial charge in [0.05, 0.1) is 23.5 Å². The van der Waals surface area contributed by atoms with Crippen molar-refractivity contribution >= 4 is 84.8 Å². The van der Waals surface area contributed by atoms with Crippen LogP contribution in [0.3, 0.4) is 0 Å². The predicted molar refractivity (Wildman–Crippen MR) is 264 cm³/mol. The van der Waals surface area contributed by atoms with Crippen molar-refractivity contribution in [2.75, 3.05) is 68.0 Å². The van der Waals surface area contributed by atoms with Gasteiger partial charge in [-0.05, 0) is 78.1 Å². The Labute approximate surface area is 402 Å². The van der Waals surface area contributed by atoms with Crippen molar-refractivity contribution in [3.63, 3.8) is 0 Å². The van der Waals surface area contributed by atoms with Crippen LogP contribution >= 0.6 is 15.9 Å². The van der Waals surface area contributed by atoms with Crippen molar-refractivity contribution in [2.45, 2.75) is 64.1 Å². The van der Waals surface area contributed by atoms with Gasteiger partial charge in [0.2, 0.25) is 5.91 Å². The summed E-state index contributed by atoms with van der Waals surface area (Å²) in [7, 11) is 2.03. The molecule has 0 aliphatic carbocycles. The Morgan fingerprint density at radius 3 is 2.28 bits per heavy atom. The first-order valence-electron chi connectivity index (χ1n) is 23.1. The molecule has 68 heavy (non-hydrogen) atoms. The first-order valence-corrected chi connectivity index (χ1v) is 24.2. The van der Waals surface area contributed by atoms with Crippen LogP contribution in [0.5, 0.6) is 5.75 Å². The van der Waals surface area contributed by atoms with Crippen LogP contribution in [0.4, 0.5) is 25.8 Å². The van der Waals surface area contributed by atoms with Crippen molar-refractivity contribution in [1.29, 1.82) is 0 Å². The molecule has 0 saturated carbocycles. The van der Waals surface area contributed by atoms with E-state index in [1.165, 1.54) is 0 Å². The van der Waals surface area contributed by atoms with Crippen molar-refractivity contribution < 1.29 is 38.2 Å². The smallest absolute Gasteiger partial charge is 0.415 e. The molecule has 7 N–H and O–H groups in total. The normalized spacial score (nSPS) is 16.7. The second-order valence-corrected chi connectivity index (χ2v) is 18.8. The zero-order chi connectivity index (χ0) is 48.2. The first-order chi connectivity index (χ1) is 32.7. The van der Waals surface area contributed by atoms with Gasteiger partial charge in [0.25, 0.3) is 5.91 Å². The Morgan fingerprint density at radius 1 is 0.853 bits per heavy atom. The number of fused-ring (bicyclic) bond motifs is 6. The van der Waals surface area contributed by atoms with Crippen LogP contribution in [-0.2, 0) is 33.8 Å². The third-order valence-electron chi connectivity index (χ3n) is 13.2. The van der Waals surface area contributed by atoms with Crippen LogP contribution in [0, 0.1) is 5.92 Å². The monoisotopic (exact) mass is 991 g/mol. The number of amides is 6. The van der Waals surface area contributed by atoms with Gasteiger partial charge in [-0.2, -0.15) is 0 Å². The van der Waals surface area contributed by atoms with Crippen molar-refractivity contribution in [3.05, 3.63) is 101 Å². The van der Waals surface area contributed by atoms with E-state index in [2.05, 4.69) is 36.4 Å². The molecule has 4 aromatic carbocycles. The Morgan fingerprint density at radius 2 is 1.57 bits per heavy atom. The van der Waals surface area contributed by atoms with E-state index in [9.17, 15) is 28.8 Å². The molecule has 3 atom stereocenters. The number of urea groups is 1. The van der Waals surface area contributed by atoms with E-state index >= 15 is 0 Å². The molecular weight excluding hydrogens is 935 g/mol. The van der Waals surface area contributed by atoms with Gasteiger partial charge in [0.15, 0.2) is 5.78 Å². The lowest BCUT2D eigenvalue weighted by Gasteiger charge is -2.31. The first kappa shape index (κ1) is 48.0. The van der Waals surface area contributed by atoms with E-state index < -0.39 is 36.2 Å². The minimum Gasteiger partial charge on any atom is -0.444 e. The van der Waals surface area contributed by atoms with E-state index in [1.807, 2.05) is 69.4 Å². The van der Waals surface area contributed by atoms with Crippen LogP contribution in [0.1, 0.15) is 65.3 Å². The number of nitrogens with two attached hydrogens (primary N) is 2. The summed E-state index contributed by atoms with van der Waals surface area (Å²) in [4.78, 5) is 89.4. The molecule has 0 spiro atoms. The number of ketones is 1. The summed E-state index contributed by atoms with van der Waals surface area (Å²) >= 11 is 3.70. The second kappa shape index (κ2) is 20.8. The molecule has 3 aliphatic rings. The summed E-state index contributed by atoms with van der Waals surface area (Å²) in [5, 5.41) is 8.50. The van der Waals surface area contributed by atoms with Crippen molar-refractivity contribution in [2.24, 2.45) is 17.4 Å². The molecule has 4 heterocycles. The molecule has 6 amide bonds. The number of alkyl halides is 1. The third-order valence-corrected chi connectivity index (χ3v) is 14.0. The molecule has 0 radical (unpaired) electrons. The number of primary amides is 1. The fourth-order valence-corrected chi connectivity index (χ4v) is 9.76. The summed E-state index contributed by atoms with van der Waals surface area (Å²) in [6.07, 6.45) is 0.404. The molecule has 0 bridgehead atoms. The topological polar surface area (TPSA) is 226 Å². The molecule has 17 nitrogen and oxygen atoms in total. The van der Waals surface area contributed by atoms with Crippen molar-refractivity contribution in [3.8, 4) is 5.75 Å². The number of halogens is 1. The zero-order valence-electron chi connectivity index (χ0n) is 38.5. The number of hydrogen-bond donors (Lipinski definition) is 5. The molecule has 1 aromatic heterocycles. The highest BCUT2D eigenvalue weighted by atomic mass is 79.9. The number of aromatic nitrogens is 1. The number of carbonyl (C=O) groups is 6. The maximum Gasteiger partial charge on any atom is 0.415 e. The Kier molecular flexibility index (Phi) is 14.7. The number of ether oxygens (including phenoxy) is 2. The average molecular weight is 993 g/mol. The number of likely N-dealkylation sites (N-methyl/N-ethyl adjacent to an activating group) is 1. The molecule has 0 unspecified atom stereocenters. The average Bonchev–Trinajstić information content (AvgIpc) is 4.07. The summed E-state index contributed by atoms with van der Waals surface area (Å²) in [5.74, 6) is -0.558. The largest absolute Gasteiger partial charge is 0.444 e. The Bertz CT molecular complexity index is 2730. The summed E-state index contributed by atoms with van der Waals surface area (Å²) in [6.45, 7) is 7.41. The van der Waals surface area contributed by atoms with E-state index in [-0.39, 0.29) is 43.1 Å². The number of Topliss-reactive ketones (excluding diaryl/α,β-unsaturated/α-hetero) is 1. The van der Waals surface area contributed by atoms with Gasteiger partial charge in [0, 0.05) is 85.8 Å². The summed E-state index contributed by atoms with van der Waals surface area (Å²) in [5.41, 5.74) is 17.2. The van der Waals surface area contributed by atoms with Gasteiger partial charge in [-0.25, -0.2) is 14.4 Å². The van der Waals surface area contributed by atoms with Crippen LogP contribution in [0.15, 0.2) is 72.8 Å². The minimum atomic E-state index is -0.804. The van der Waals surface area contributed by atoms with E-state index in [1.54, 1.807) is 39.0 Å². The molecule has 18 heteroatoms. The number of hydrogen-bond acceptors (Lipinski definition) is 10. The lowest BCUT2D eigenvalue weighted by atomic mass is 9.95. The van der Waals surface area contributed by atoms with E-state index in [0.717, 1.165) is 51.5 Å². The zero-order valence-corrected chi connectivity index (χ0v) is 40.1. The number of H-pyrrole nitrogens is 1. The highest BCUT2D eigenvalue weighted by Crippen LogP contribution is 2.46. The molecular formula is C50H58BrN9O8. The van der Waals surface area contributed by atoms with Gasteiger partial charge < -0.3 is 51.3 Å². The molecule has 358 valence electrons. The maximum atomic E-state index is 14.6. The van der Waals surface area contributed by atoms with Gasteiger partial charge in [-0.1, -0.05) is 78.3 Å². The number of nitrogens with one attached hydrogen (secondary N) is 3. The highest BCUT2D eigenvalue weighted by Gasteiger charge is 2.37. The Hall–Kier alpha value is -6.50. The third kappa shape index (κ3) is 10.3. The van der Waals surface area contributed by atoms with Crippen LogP contribution in [0.25, 0.3) is 21.7 Å². The predicted octanol–water partition coefficient (Wildman–Crippen LogP) is 5.93. The lowest BCUT2D eigenvalue weighted by molar-refractivity contribution is -0.129. The van der Waals surface area contributed by atoms with E-state index in [0.29, 0.717) is 79.2 Å². The van der Waals surface area contributed by atoms with Crippen LogP contribution in [-0.4, -0.2) is 121 Å². The Balaban J connectivity index is 0.927. The number of nitrogens with zero attached hydrogens (tertiary/aromatic N) is 4. The number of carbonyl (C=O) groups excluding carboxylic acids is 6. The highest BCUT2D eigenvalue weighted by molar-refractivity contribution is 9.09. The van der Waals surface area contributed by atoms with Gasteiger partial charge in [-0.15, -0.1) is 0 Å². The van der Waals surface area contributed by atoms with Crippen LogP contribution < -0.4 is 36.6 Å². The quantitative estimate of drug-likeness (QED) is 0.0614. The number of anilines is 2. The molecule has 8 rings (SSSR count). The summed E-state index contributed by atoms with van der Waals surface area (Å²) in [6, 6.07) is 20.2. The molecule has 3 aliphatic heterocycles. The number of piperazine rings is 1. The number of rotatable bonds is 15. The number of benzene rings is 4. The standard InChI is InChI=1S/C50H58BrN9O8/c1-29(2)45(52)46(62)56-38(9-6-17-54-48(53)64)42(61)23-30-10-12-31(13-11-30)28-67-50(66)59-18-16-33-36-24-39(55-37(36)14-15-40(33)59)47(63)60-27-32(26-51)44-35-8-5-4-7-34(35)43(25-41(44)60)68-49(65)58-21-19-57(3)20-22-58/h4-5,7-8,10-15,24-25,29,32,38,45,55H,6,9,16-23,26-28,52H2,1-3H3,(H,56,62)(H3,53,54,64)/t32-,38+,45+/m1/s1. The van der Waals surface area contributed by atoms with Gasteiger partial charge in [-0.3, -0.25) is 19.3 Å². The summed E-state index contributed by atoms with van der Waals surface area (Å²) < 4.78 is 11.9. The van der Waals surface area contributed by atoms with Gasteiger partial charge in [0.1, 0.15) is 18.1 Å². The lowest BCUT2D eigenvalue weighted by Crippen LogP contribution is -2.50. The van der Waals surface area contributed by atoms with Crippen LogP contribution in [0.2, 0.25) is 0 Å². The minimum absolute atomic E-state index is 0.0000342. The van der Waals surface area contributed by atoms with E-state index in [4.69, 9.17) is 20.9 Å². The molecule has 1 saturated heterocycles.